The van der Waals surface area contributed by atoms with Gasteiger partial charge in [0.05, 0.1) is 12.5 Å². The van der Waals surface area contributed by atoms with Gasteiger partial charge in [-0.15, -0.1) is 24.8 Å². The summed E-state index contributed by atoms with van der Waals surface area (Å²) in [6.07, 6.45) is 0.449. The van der Waals surface area contributed by atoms with Crippen molar-refractivity contribution < 1.29 is 4.39 Å². The summed E-state index contributed by atoms with van der Waals surface area (Å²) in [6.45, 7) is 5.52. The van der Waals surface area contributed by atoms with Gasteiger partial charge < -0.3 is 5.32 Å². The van der Waals surface area contributed by atoms with Gasteiger partial charge in [0.25, 0.3) is 0 Å². The minimum Gasteiger partial charge on any atom is -0.314 e. The highest BCUT2D eigenvalue weighted by Gasteiger charge is 2.22. The predicted octanol–water partition coefficient (Wildman–Crippen LogP) is 2.84. The van der Waals surface area contributed by atoms with Crippen molar-refractivity contribution in [2.24, 2.45) is 0 Å². The summed E-state index contributed by atoms with van der Waals surface area (Å²) in [5.74, 6) is -0.185. The average Bonchev–Trinajstić information content (AvgIpc) is 2.40. The van der Waals surface area contributed by atoms with Gasteiger partial charge in [0.1, 0.15) is 5.82 Å². The van der Waals surface area contributed by atoms with Gasteiger partial charge in [0, 0.05) is 32.2 Å². The van der Waals surface area contributed by atoms with E-state index >= 15 is 0 Å². The molecule has 1 aromatic carbocycles. The van der Waals surface area contributed by atoms with E-state index < -0.39 is 0 Å². The number of piperazine rings is 1. The third-order valence-electron chi connectivity index (χ3n) is 3.44. The maximum absolute atomic E-state index is 13.3. The van der Waals surface area contributed by atoms with E-state index in [1.54, 1.807) is 13.0 Å². The molecular formula is C14H20Cl2FN3. The molecule has 0 spiro atoms. The van der Waals surface area contributed by atoms with Crippen molar-refractivity contribution in [3.8, 4) is 6.07 Å². The Hall–Kier alpha value is -0.860. The zero-order chi connectivity index (χ0) is 13.0. The molecule has 2 rings (SSSR count). The first-order valence-electron chi connectivity index (χ1n) is 6.30. The molecule has 1 fully saturated rings. The Kier molecular flexibility index (Phi) is 8.75. The van der Waals surface area contributed by atoms with E-state index in [9.17, 15) is 4.39 Å². The molecule has 0 saturated carbocycles. The summed E-state index contributed by atoms with van der Waals surface area (Å²) in [7, 11) is 0. The van der Waals surface area contributed by atoms with E-state index in [0.717, 1.165) is 31.7 Å². The Morgan fingerprint density at radius 2 is 2.00 bits per heavy atom. The van der Waals surface area contributed by atoms with Crippen molar-refractivity contribution in [2.75, 3.05) is 26.2 Å². The fourth-order valence-electron chi connectivity index (χ4n) is 2.41. The van der Waals surface area contributed by atoms with Crippen molar-refractivity contribution in [1.82, 2.24) is 10.2 Å². The zero-order valence-corrected chi connectivity index (χ0v) is 13.1. The number of benzene rings is 1. The van der Waals surface area contributed by atoms with E-state index in [-0.39, 0.29) is 36.7 Å². The van der Waals surface area contributed by atoms with Crippen LogP contribution in [0.25, 0.3) is 0 Å². The summed E-state index contributed by atoms with van der Waals surface area (Å²) in [5, 5.41) is 12.3. The van der Waals surface area contributed by atoms with Crippen LogP contribution >= 0.6 is 24.8 Å². The topological polar surface area (TPSA) is 39.1 Å². The van der Waals surface area contributed by atoms with Crippen LogP contribution in [0.15, 0.2) is 18.2 Å². The third-order valence-corrected chi connectivity index (χ3v) is 3.44. The molecule has 1 saturated heterocycles. The molecule has 6 heteroatoms. The van der Waals surface area contributed by atoms with Gasteiger partial charge in [0.15, 0.2) is 0 Å². The highest BCUT2D eigenvalue weighted by molar-refractivity contribution is 5.85. The summed E-state index contributed by atoms with van der Waals surface area (Å²) in [6, 6.07) is 7.48. The molecule has 0 radical (unpaired) electrons. The normalized spacial score (nSPS) is 16.4. The lowest BCUT2D eigenvalue weighted by molar-refractivity contribution is 0.175. The molecule has 20 heavy (non-hydrogen) atoms. The Morgan fingerprint density at radius 1 is 1.35 bits per heavy atom. The number of aryl methyl sites for hydroxylation is 1. The van der Waals surface area contributed by atoms with Crippen LogP contribution in [-0.2, 0) is 0 Å². The first-order chi connectivity index (χ1) is 8.72. The van der Waals surface area contributed by atoms with E-state index in [2.05, 4.69) is 16.3 Å². The molecule has 1 aromatic rings. The first-order valence-corrected chi connectivity index (χ1v) is 6.30. The number of rotatable bonds is 3. The summed E-state index contributed by atoms with van der Waals surface area (Å²) in [5.41, 5.74) is 1.68. The Morgan fingerprint density at radius 3 is 2.55 bits per heavy atom. The highest BCUT2D eigenvalue weighted by atomic mass is 35.5. The van der Waals surface area contributed by atoms with Crippen LogP contribution in [0.3, 0.4) is 0 Å². The maximum atomic E-state index is 13.3. The van der Waals surface area contributed by atoms with E-state index in [1.807, 2.05) is 6.07 Å². The van der Waals surface area contributed by atoms with Crippen molar-refractivity contribution in [3.63, 3.8) is 0 Å². The van der Waals surface area contributed by atoms with Crippen LogP contribution in [0.2, 0.25) is 0 Å². The van der Waals surface area contributed by atoms with Crippen molar-refractivity contribution >= 4 is 24.8 Å². The fraction of sp³-hybridized carbons (Fsp3) is 0.500. The predicted molar refractivity (Wildman–Crippen MR) is 83.0 cm³/mol. The number of halogens is 3. The number of hydrogen-bond donors (Lipinski definition) is 1. The second kappa shape index (κ2) is 9.15. The largest absolute Gasteiger partial charge is 0.314 e. The number of nitrogens with one attached hydrogen (secondary N) is 1. The SMILES string of the molecule is Cc1cc([C@H](CC#N)N2CCNCC2)ccc1F.Cl.Cl. The third kappa shape index (κ3) is 4.60. The molecule has 0 aliphatic carbocycles. The molecule has 1 aliphatic heterocycles. The number of hydrogen-bond acceptors (Lipinski definition) is 3. The molecule has 112 valence electrons. The van der Waals surface area contributed by atoms with Crippen LogP contribution < -0.4 is 5.32 Å². The second-order valence-electron chi connectivity index (χ2n) is 4.67. The van der Waals surface area contributed by atoms with E-state index in [4.69, 9.17) is 5.26 Å². The molecule has 0 bridgehead atoms. The summed E-state index contributed by atoms with van der Waals surface area (Å²) < 4.78 is 13.3. The standard InChI is InChI=1S/C14H18FN3.2ClH/c1-11-10-12(2-3-13(11)15)14(4-5-16)18-8-6-17-7-9-18;;/h2-3,10,14,17H,4,6-9H2,1H3;2*1H/t14-;;/m0../s1. The fourth-order valence-corrected chi connectivity index (χ4v) is 2.41. The van der Waals surface area contributed by atoms with Crippen molar-refractivity contribution in [1.29, 1.82) is 5.26 Å². The van der Waals surface area contributed by atoms with Gasteiger partial charge in [-0.25, -0.2) is 4.39 Å². The molecule has 0 unspecified atom stereocenters. The minimum absolute atomic E-state index is 0. The van der Waals surface area contributed by atoms with Gasteiger partial charge in [-0.05, 0) is 24.1 Å². The van der Waals surface area contributed by atoms with E-state index in [1.165, 1.54) is 6.07 Å². The molecule has 1 heterocycles. The minimum atomic E-state index is -0.185. The van der Waals surface area contributed by atoms with Gasteiger partial charge in [-0.2, -0.15) is 5.26 Å². The lowest BCUT2D eigenvalue weighted by Crippen LogP contribution is -2.45. The lowest BCUT2D eigenvalue weighted by atomic mass is 9.99. The monoisotopic (exact) mass is 319 g/mol. The highest BCUT2D eigenvalue weighted by Crippen LogP contribution is 2.25. The summed E-state index contributed by atoms with van der Waals surface area (Å²) >= 11 is 0. The van der Waals surface area contributed by atoms with Crippen LogP contribution in [0.5, 0.6) is 0 Å². The Bertz CT molecular complexity index is 456. The average molecular weight is 320 g/mol. The molecule has 1 N–H and O–H groups in total. The second-order valence-corrected chi connectivity index (χ2v) is 4.67. The summed E-state index contributed by atoms with van der Waals surface area (Å²) in [4.78, 5) is 2.30. The van der Waals surface area contributed by atoms with Crippen molar-refractivity contribution in [2.45, 2.75) is 19.4 Å². The number of nitriles is 1. The smallest absolute Gasteiger partial charge is 0.126 e. The Balaban J connectivity index is 0.00000180. The zero-order valence-electron chi connectivity index (χ0n) is 11.4. The molecular weight excluding hydrogens is 300 g/mol. The lowest BCUT2D eigenvalue weighted by Gasteiger charge is -2.34. The maximum Gasteiger partial charge on any atom is 0.126 e. The molecule has 0 amide bonds. The van der Waals surface area contributed by atoms with Gasteiger partial charge >= 0.3 is 0 Å². The van der Waals surface area contributed by atoms with Gasteiger partial charge in [0.2, 0.25) is 0 Å². The van der Waals surface area contributed by atoms with Crippen LogP contribution in [0, 0.1) is 24.1 Å². The number of nitrogens with zero attached hydrogens (tertiary/aromatic N) is 2. The molecule has 1 atom stereocenters. The van der Waals surface area contributed by atoms with Crippen LogP contribution in [0.4, 0.5) is 4.39 Å². The van der Waals surface area contributed by atoms with Gasteiger partial charge in [-0.3, -0.25) is 4.90 Å². The molecule has 3 nitrogen and oxygen atoms in total. The molecule has 0 aromatic heterocycles. The van der Waals surface area contributed by atoms with Crippen molar-refractivity contribution in [3.05, 3.63) is 35.1 Å². The van der Waals surface area contributed by atoms with E-state index in [0.29, 0.717) is 12.0 Å². The van der Waals surface area contributed by atoms with Crippen LogP contribution in [-0.4, -0.2) is 31.1 Å². The quantitative estimate of drug-likeness (QED) is 0.931. The first kappa shape index (κ1) is 19.1. The van der Waals surface area contributed by atoms with Gasteiger partial charge in [-0.1, -0.05) is 12.1 Å². The van der Waals surface area contributed by atoms with Crippen LogP contribution in [0.1, 0.15) is 23.6 Å². The molecule has 1 aliphatic rings. The Labute approximate surface area is 132 Å².